The molecule has 0 heterocycles. The molecule has 4 bridgehead atoms. The van der Waals surface area contributed by atoms with Gasteiger partial charge in [-0.05, 0) is 41.4 Å². The fraction of sp³-hybridized carbons (Fsp3) is 0.889. The quantitative estimate of drug-likeness (QED) is 0.476. The Morgan fingerprint density at radius 1 is 0.900 bits per heavy atom. The van der Waals surface area contributed by atoms with Crippen LogP contribution in [0.15, 0.2) is 0 Å². The van der Waals surface area contributed by atoms with Crippen molar-refractivity contribution >= 4 is 0 Å². The van der Waals surface area contributed by atoms with Crippen LogP contribution < -0.4 is 0 Å². The van der Waals surface area contributed by atoms with E-state index in [1.54, 1.807) is 0 Å². The van der Waals surface area contributed by atoms with Crippen LogP contribution in [-0.2, 0) is 0 Å². The fourth-order valence-corrected chi connectivity index (χ4v) is 4.69. The third-order valence-corrected chi connectivity index (χ3v) is 5.17. The van der Waals surface area contributed by atoms with Crippen LogP contribution in [0, 0.1) is 58.2 Å². The molecular formula is C9H7N. The highest BCUT2D eigenvalue weighted by Crippen LogP contribution is 3.05. The van der Waals surface area contributed by atoms with Crippen LogP contribution in [0.25, 0.3) is 0 Å². The molecular weight excluding hydrogens is 122 g/mol. The molecule has 7 aliphatic rings. The summed E-state index contributed by atoms with van der Waals surface area (Å²) in [6.07, 6.45) is 0. The molecule has 1 nitrogen and oxygen atoms in total. The lowest BCUT2D eigenvalue weighted by atomic mass is 9.73. The van der Waals surface area contributed by atoms with Crippen LogP contribution in [0.2, 0.25) is 0 Å². The second-order valence-corrected chi connectivity index (χ2v) is 4.93. The molecule has 0 aromatic carbocycles. The maximum atomic E-state index is 8.91. The first-order chi connectivity index (χ1) is 4.93. The highest BCUT2D eigenvalue weighted by atomic mass is 15.1. The van der Waals surface area contributed by atoms with Crippen LogP contribution in [0.5, 0.6) is 0 Å². The SMILES string of the molecule is N#CC12C3C4C5C4C5C1C32. The topological polar surface area (TPSA) is 23.8 Å². The highest BCUT2D eigenvalue weighted by molar-refractivity contribution is 5.54. The van der Waals surface area contributed by atoms with Crippen LogP contribution in [0.1, 0.15) is 0 Å². The fourth-order valence-electron chi connectivity index (χ4n) is 4.69. The summed E-state index contributed by atoms with van der Waals surface area (Å²) in [4.78, 5) is 0. The minimum Gasteiger partial charge on any atom is -0.198 e. The van der Waals surface area contributed by atoms with E-state index in [2.05, 4.69) is 6.07 Å². The van der Waals surface area contributed by atoms with E-state index in [0.717, 1.165) is 41.4 Å². The maximum absolute atomic E-state index is 8.91. The van der Waals surface area contributed by atoms with E-state index in [0.29, 0.717) is 5.41 Å². The van der Waals surface area contributed by atoms with Gasteiger partial charge in [0.25, 0.3) is 0 Å². The molecule has 0 aromatic rings. The monoisotopic (exact) mass is 129 g/mol. The van der Waals surface area contributed by atoms with Gasteiger partial charge in [0.1, 0.15) is 0 Å². The molecule has 0 radical (unpaired) electrons. The summed E-state index contributed by atoms with van der Waals surface area (Å²) >= 11 is 0. The third-order valence-electron chi connectivity index (χ3n) is 5.17. The van der Waals surface area contributed by atoms with Crippen molar-refractivity contribution in [3.63, 3.8) is 0 Å². The van der Waals surface area contributed by atoms with Gasteiger partial charge in [0.2, 0.25) is 0 Å². The summed E-state index contributed by atoms with van der Waals surface area (Å²) in [6.45, 7) is 0. The van der Waals surface area contributed by atoms with Crippen molar-refractivity contribution in [2.24, 2.45) is 46.8 Å². The van der Waals surface area contributed by atoms with Gasteiger partial charge in [-0.2, -0.15) is 5.26 Å². The lowest BCUT2D eigenvalue weighted by molar-refractivity contribution is 0.175. The van der Waals surface area contributed by atoms with E-state index < -0.39 is 0 Å². The molecule has 0 amide bonds. The van der Waals surface area contributed by atoms with E-state index >= 15 is 0 Å². The Morgan fingerprint density at radius 3 is 1.90 bits per heavy atom. The molecule has 7 fully saturated rings. The van der Waals surface area contributed by atoms with Gasteiger partial charge in [-0.3, -0.25) is 0 Å². The second kappa shape index (κ2) is 0.630. The van der Waals surface area contributed by atoms with Crippen molar-refractivity contribution in [2.75, 3.05) is 0 Å². The summed E-state index contributed by atoms with van der Waals surface area (Å²) in [5.74, 6) is 7.29. The third kappa shape index (κ3) is 0.134. The molecule has 7 rings (SSSR count). The lowest BCUT2D eigenvalue weighted by Gasteiger charge is -2.29. The van der Waals surface area contributed by atoms with Gasteiger partial charge < -0.3 is 0 Å². The average Bonchev–Trinajstić information content (AvgIpc) is 2.78. The van der Waals surface area contributed by atoms with Crippen LogP contribution >= 0.6 is 0 Å². The van der Waals surface area contributed by atoms with E-state index in [4.69, 9.17) is 5.26 Å². The molecule has 7 aliphatic carbocycles. The van der Waals surface area contributed by atoms with Gasteiger partial charge in [0.05, 0.1) is 11.5 Å². The maximum Gasteiger partial charge on any atom is 0.0699 e. The molecule has 48 valence electrons. The smallest absolute Gasteiger partial charge is 0.0699 e. The standard InChI is InChI=1S/C9H7N/c10-1-9-6-4-2-3(4)5(2)7(9)8(6)9/h2-8H. The number of hydrogen-bond donors (Lipinski definition) is 0. The van der Waals surface area contributed by atoms with E-state index in [9.17, 15) is 0 Å². The van der Waals surface area contributed by atoms with Crippen molar-refractivity contribution in [1.82, 2.24) is 0 Å². The first kappa shape index (κ1) is 3.76. The minimum atomic E-state index is 0.318. The Balaban J connectivity index is 1.80. The van der Waals surface area contributed by atoms with E-state index in [1.807, 2.05) is 0 Å². The number of rotatable bonds is 0. The average molecular weight is 129 g/mol. The number of nitrogens with zero attached hydrogens (tertiary/aromatic N) is 1. The van der Waals surface area contributed by atoms with Crippen molar-refractivity contribution in [1.29, 1.82) is 5.26 Å². The van der Waals surface area contributed by atoms with Crippen molar-refractivity contribution in [2.45, 2.75) is 0 Å². The van der Waals surface area contributed by atoms with E-state index in [1.165, 1.54) is 0 Å². The molecule has 0 aliphatic heterocycles. The first-order valence-corrected chi connectivity index (χ1v) is 4.34. The largest absolute Gasteiger partial charge is 0.198 e. The summed E-state index contributed by atoms with van der Waals surface area (Å²) in [7, 11) is 0. The van der Waals surface area contributed by atoms with Gasteiger partial charge >= 0.3 is 0 Å². The van der Waals surface area contributed by atoms with Gasteiger partial charge in [0, 0.05) is 0 Å². The number of nitriles is 1. The van der Waals surface area contributed by atoms with Gasteiger partial charge in [0.15, 0.2) is 0 Å². The minimum absolute atomic E-state index is 0.318. The van der Waals surface area contributed by atoms with E-state index in [-0.39, 0.29) is 0 Å². The zero-order valence-electron chi connectivity index (χ0n) is 5.49. The second-order valence-electron chi connectivity index (χ2n) is 4.93. The molecule has 1 heteroatoms. The van der Waals surface area contributed by atoms with Gasteiger partial charge in [-0.25, -0.2) is 0 Å². The first-order valence-electron chi connectivity index (χ1n) is 4.34. The zero-order chi connectivity index (χ0) is 6.25. The Bertz CT molecular complexity index is 296. The zero-order valence-corrected chi connectivity index (χ0v) is 5.49. The van der Waals surface area contributed by atoms with Gasteiger partial charge in [-0.1, -0.05) is 0 Å². The molecule has 0 saturated heterocycles. The van der Waals surface area contributed by atoms with Crippen LogP contribution in [-0.4, -0.2) is 0 Å². The molecule has 2 atom stereocenters. The summed E-state index contributed by atoms with van der Waals surface area (Å²) in [6, 6.07) is 2.57. The Morgan fingerprint density at radius 2 is 1.50 bits per heavy atom. The molecule has 0 spiro atoms. The Labute approximate surface area is 59.0 Å². The summed E-state index contributed by atoms with van der Waals surface area (Å²) in [5, 5.41) is 8.91. The molecule has 0 N–H and O–H groups in total. The van der Waals surface area contributed by atoms with Crippen LogP contribution in [0.3, 0.4) is 0 Å². The summed E-state index contributed by atoms with van der Waals surface area (Å²) in [5.41, 5.74) is 0.318. The molecule has 2 unspecified atom stereocenters. The van der Waals surface area contributed by atoms with Crippen LogP contribution in [0.4, 0.5) is 0 Å². The number of hydrogen-bond acceptors (Lipinski definition) is 1. The predicted octanol–water partition coefficient (Wildman–Crippen LogP) is 0.878. The van der Waals surface area contributed by atoms with Crippen molar-refractivity contribution < 1.29 is 0 Å². The normalized spacial score (nSPS) is 95.3. The molecule has 0 aromatic heterocycles. The van der Waals surface area contributed by atoms with Crippen molar-refractivity contribution in [3.8, 4) is 6.07 Å². The molecule has 7 saturated carbocycles. The van der Waals surface area contributed by atoms with Crippen molar-refractivity contribution in [3.05, 3.63) is 0 Å². The highest BCUT2D eigenvalue weighted by Gasteiger charge is 3.05. The molecule has 10 heavy (non-hydrogen) atoms. The van der Waals surface area contributed by atoms with Gasteiger partial charge in [-0.15, -0.1) is 0 Å². The Hall–Kier alpha value is -0.510. The lowest BCUT2D eigenvalue weighted by Crippen LogP contribution is -2.28. The Kier molecular flexibility index (Phi) is 0.237. The predicted molar refractivity (Wildman–Crippen MR) is 32.5 cm³/mol. The summed E-state index contributed by atoms with van der Waals surface area (Å²) < 4.78 is 0.